The van der Waals surface area contributed by atoms with Crippen LogP contribution < -0.4 is 14.2 Å². The van der Waals surface area contributed by atoms with Crippen LogP contribution in [0.1, 0.15) is 35.5 Å². The molecule has 3 aromatic rings. The molecule has 0 bridgehead atoms. The van der Waals surface area contributed by atoms with Crippen molar-refractivity contribution in [2.24, 2.45) is 0 Å². The van der Waals surface area contributed by atoms with Gasteiger partial charge in [-0.2, -0.15) is 0 Å². The topological polar surface area (TPSA) is 77.8 Å². The van der Waals surface area contributed by atoms with Crippen molar-refractivity contribution in [3.63, 3.8) is 0 Å². The Kier molecular flexibility index (Phi) is 5.88. The molecule has 1 aromatic heterocycles. The largest absolute Gasteiger partial charge is 0.493 e. The third-order valence-electron chi connectivity index (χ3n) is 4.79. The zero-order valence-corrected chi connectivity index (χ0v) is 18.0. The predicted molar refractivity (Wildman–Crippen MR) is 112 cm³/mol. The Hall–Kier alpha value is -2.93. The smallest absolute Gasteiger partial charge is 0.261 e. The molecule has 0 spiro atoms. The van der Waals surface area contributed by atoms with Gasteiger partial charge in [0.2, 0.25) is 0 Å². The molecule has 29 heavy (non-hydrogen) atoms. The number of methoxy groups -OCH3 is 2. The second kappa shape index (κ2) is 8.21. The fourth-order valence-corrected chi connectivity index (χ4v) is 4.18. The Morgan fingerprint density at radius 1 is 0.931 bits per heavy atom. The van der Waals surface area contributed by atoms with Gasteiger partial charge in [0, 0.05) is 12.0 Å². The summed E-state index contributed by atoms with van der Waals surface area (Å²) in [5.41, 5.74) is 2.11. The molecule has 6 nitrogen and oxygen atoms in total. The zero-order valence-electron chi connectivity index (χ0n) is 17.1. The van der Waals surface area contributed by atoms with Gasteiger partial charge in [-0.15, -0.1) is 0 Å². The first kappa shape index (κ1) is 20.8. The highest BCUT2D eigenvalue weighted by molar-refractivity contribution is 7.92. The summed E-state index contributed by atoms with van der Waals surface area (Å²) in [5, 5.41) is 0. The molecule has 0 radical (unpaired) electrons. The minimum atomic E-state index is -3.78. The first-order valence-corrected chi connectivity index (χ1v) is 10.6. The van der Waals surface area contributed by atoms with Gasteiger partial charge in [-0.1, -0.05) is 24.6 Å². The monoisotopic (exact) mass is 415 g/mol. The van der Waals surface area contributed by atoms with Gasteiger partial charge in [0.05, 0.1) is 24.8 Å². The summed E-state index contributed by atoms with van der Waals surface area (Å²) in [6, 6.07) is 13.9. The fraction of sp³-hybridized carbons (Fsp3) is 0.273. The Bertz CT molecular complexity index is 1100. The second-order valence-corrected chi connectivity index (χ2v) is 8.57. The fourth-order valence-electron chi connectivity index (χ4n) is 3.10. The standard InChI is InChI=1S/C22H25NO5S/c1-14-6-9-17(10-7-14)29(24,25)23-19-13-22(27-5)21(26-4)12-18(19)16(3)20-11-8-15(2)28-20/h6-13,16,23H,1-5H3/t16-/m1/s1. The zero-order chi connectivity index (χ0) is 21.2. The predicted octanol–water partition coefficient (Wildman–Crippen LogP) is 4.87. The maximum absolute atomic E-state index is 13.0. The summed E-state index contributed by atoms with van der Waals surface area (Å²) in [4.78, 5) is 0.185. The Labute approximate surface area is 171 Å². The molecule has 0 aliphatic rings. The van der Waals surface area contributed by atoms with E-state index in [9.17, 15) is 8.42 Å². The number of sulfonamides is 1. The van der Waals surface area contributed by atoms with Crippen LogP contribution in [0.5, 0.6) is 11.5 Å². The Balaban J connectivity index is 2.09. The van der Waals surface area contributed by atoms with Gasteiger partial charge in [-0.3, -0.25) is 4.72 Å². The molecular formula is C22H25NO5S. The van der Waals surface area contributed by atoms with Crippen molar-refractivity contribution in [1.82, 2.24) is 0 Å². The molecule has 0 aliphatic carbocycles. The molecule has 7 heteroatoms. The number of anilines is 1. The molecule has 0 aliphatic heterocycles. The second-order valence-electron chi connectivity index (χ2n) is 6.88. The van der Waals surface area contributed by atoms with Crippen molar-refractivity contribution in [3.05, 3.63) is 71.2 Å². The van der Waals surface area contributed by atoms with E-state index in [1.165, 1.54) is 7.11 Å². The van der Waals surface area contributed by atoms with Gasteiger partial charge in [0.15, 0.2) is 11.5 Å². The third kappa shape index (κ3) is 4.40. The van der Waals surface area contributed by atoms with Gasteiger partial charge in [0.25, 0.3) is 10.0 Å². The highest BCUT2D eigenvalue weighted by Gasteiger charge is 2.23. The van der Waals surface area contributed by atoms with E-state index in [1.54, 1.807) is 43.5 Å². The van der Waals surface area contributed by atoms with Crippen molar-refractivity contribution in [2.45, 2.75) is 31.6 Å². The molecule has 154 valence electrons. The third-order valence-corrected chi connectivity index (χ3v) is 6.17. The number of rotatable bonds is 7. The lowest BCUT2D eigenvalue weighted by atomic mass is 9.96. The van der Waals surface area contributed by atoms with Crippen LogP contribution in [0.3, 0.4) is 0 Å². The van der Waals surface area contributed by atoms with Crippen molar-refractivity contribution >= 4 is 15.7 Å². The quantitative estimate of drug-likeness (QED) is 0.596. The molecule has 3 rings (SSSR count). The maximum Gasteiger partial charge on any atom is 0.261 e. The lowest BCUT2D eigenvalue weighted by Gasteiger charge is -2.19. The molecule has 0 amide bonds. The van der Waals surface area contributed by atoms with E-state index >= 15 is 0 Å². The van der Waals surface area contributed by atoms with Crippen LogP contribution in [-0.4, -0.2) is 22.6 Å². The van der Waals surface area contributed by atoms with E-state index in [2.05, 4.69) is 4.72 Å². The Morgan fingerprint density at radius 3 is 2.10 bits per heavy atom. The Morgan fingerprint density at radius 2 is 1.55 bits per heavy atom. The van der Waals surface area contributed by atoms with Gasteiger partial charge in [-0.05, 0) is 49.7 Å². The number of hydrogen-bond donors (Lipinski definition) is 1. The highest BCUT2D eigenvalue weighted by atomic mass is 32.2. The van der Waals surface area contributed by atoms with Crippen LogP contribution in [-0.2, 0) is 10.0 Å². The summed E-state index contributed by atoms with van der Waals surface area (Å²) in [7, 11) is -0.734. The summed E-state index contributed by atoms with van der Waals surface area (Å²) in [6.45, 7) is 5.72. The summed E-state index contributed by atoms with van der Waals surface area (Å²) >= 11 is 0. The number of nitrogens with one attached hydrogen (secondary N) is 1. The van der Waals surface area contributed by atoms with Gasteiger partial charge >= 0.3 is 0 Å². The highest BCUT2D eigenvalue weighted by Crippen LogP contribution is 2.40. The van der Waals surface area contributed by atoms with E-state index in [1.807, 2.05) is 32.9 Å². The number of hydrogen-bond acceptors (Lipinski definition) is 5. The SMILES string of the molecule is COc1cc(NS(=O)(=O)c2ccc(C)cc2)c([C@@H](C)c2ccc(C)o2)cc1OC. The van der Waals surface area contributed by atoms with E-state index in [0.29, 0.717) is 22.7 Å². The average Bonchev–Trinajstić information content (AvgIpc) is 3.13. The van der Waals surface area contributed by atoms with E-state index in [-0.39, 0.29) is 10.8 Å². The maximum atomic E-state index is 13.0. The first-order valence-electron chi connectivity index (χ1n) is 9.17. The molecule has 0 saturated heterocycles. The normalized spacial score (nSPS) is 12.4. The van der Waals surface area contributed by atoms with Crippen LogP contribution >= 0.6 is 0 Å². The van der Waals surface area contributed by atoms with Gasteiger partial charge < -0.3 is 13.9 Å². The number of aryl methyl sites for hydroxylation is 2. The lowest BCUT2D eigenvalue weighted by Crippen LogP contribution is -2.15. The van der Waals surface area contributed by atoms with Crippen LogP contribution in [0.2, 0.25) is 0 Å². The summed E-state index contributed by atoms with van der Waals surface area (Å²) in [6.07, 6.45) is 0. The number of ether oxygens (including phenoxy) is 2. The van der Waals surface area contributed by atoms with Crippen LogP contribution in [0, 0.1) is 13.8 Å². The summed E-state index contributed by atoms with van der Waals surface area (Å²) in [5.74, 6) is 2.25. The molecule has 1 N–H and O–H groups in total. The molecular weight excluding hydrogens is 390 g/mol. The summed E-state index contributed by atoms with van der Waals surface area (Å²) < 4.78 is 45.2. The van der Waals surface area contributed by atoms with E-state index in [4.69, 9.17) is 13.9 Å². The molecule has 1 heterocycles. The molecule has 0 fully saturated rings. The minimum Gasteiger partial charge on any atom is -0.493 e. The molecule has 2 aromatic carbocycles. The molecule has 0 saturated carbocycles. The number of furan rings is 1. The van der Waals surface area contributed by atoms with E-state index in [0.717, 1.165) is 17.1 Å². The lowest BCUT2D eigenvalue weighted by molar-refractivity contribution is 0.354. The van der Waals surface area contributed by atoms with Crippen molar-refractivity contribution in [3.8, 4) is 11.5 Å². The first-order chi connectivity index (χ1) is 13.7. The molecule has 1 atom stereocenters. The van der Waals surface area contributed by atoms with Gasteiger partial charge in [0.1, 0.15) is 11.5 Å². The van der Waals surface area contributed by atoms with Gasteiger partial charge in [-0.25, -0.2) is 8.42 Å². The number of benzene rings is 2. The van der Waals surface area contributed by atoms with Crippen LogP contribution in [0.4, 0.5) is 5.69 Å². The minimum absolute atomic E-state index is 0.185. The van der Waals surface area contributed by atoms with Crippen molar-refractivity contribution < 1.29 is 22.3 Å². The van der Waals surface area contributed by atoms with Crippen LogP contribution in [0.25, 0.3) is 0 Å². The van der Waals surface area contributed by atoms with E-state index < -0.39 is 10.0 Å². The average molecular weight is 416 g/mol. The van der Waals surface area contributed by atoms with Crippen molar-refractivity contribution in [2.75, 3.05) is 18.9 Å². The molecule has 0 unspecified atom stereocenters. The van der Waals surface area contributed by atoms with Crippen molar-refractivity contribution in [1.29, 1.82) is 0 Å². The van der Waals surface area contributed by atoms with Crippen LogP contribution in [0.15, 0.2) is 57.8 Å².